The molecule has 1 radical (unpaired) electrons. The summed E-state index contributed by atoms with van der Waals surface area (Å²) in [5, 5.41) is 18.1. The summed E-state index contributed by atoms with van der Waals surface area (Å²) < 4.78 is 76.2. The van der Waals surface area contributed by atoms with Crippen LogP contribution in [0, 0.1) is 5.41 Å². The number of Topliss-reactive ketones (excluding diaryl/α,β-unsaturated/α-hetero) is 1. The molecule has 1 heterocycles. The molecular weight excluding hydrogens is 1150 g/mol. The Morgan fingerprint density at radius 3 is 1.83 bits per heavy atom. The van der Waals surface area contributed by atoms with Gasteiger partial charge in [-0.15, -0.1) is 0 Å². The number of hydrazine groups is 1. The number of hydrogen-bond donors (Lipinski definition) is 2. The van der Waals surface area contributed by atoms with Gasteiger partial charge in [0.25, 0.3) is 5.78 Å². The molecule has 1 aliphatic heterocycles. The fourth-order valence-electron chi connectivity index (χ4n) is 8.60. The van der Waals surface area contributed by atoms with E-state index in [1.54, 1.807) is 36.4 Å². The van der Waals surface area contributed by atoms with Crippen molar-refractivity contribution in [1.82, 2.24) is 4.16 Å². The van der Waals surface area contributed by atoms with Crippen LogP contribution in [0.5, 0.6) is 11.5 Å². The quantitative estimate of drug-likeness (QED) is 0.00624. The van der Waals surface area contributed by atoms with Crippen molar-refractivity contribution in [3.63, 3.8) is 0 Å². The number of carbonyl (C=O) groups is 3. The van der Waals surface area contributed by atoms with Crippen LogP contribution in [0.4, 0.5) is 5.69 Å². The summed E-state index contributed by atoms with van der Waals surface area (Å²) in [5.41, 5.74) is 12.8. The number of carbonyl (C=O) groups excluding carboxylic acids is 3. The van der Waals surface area contributed by atoms with Gasteiger partial charge in [-0.2, -0.15) is 17.4 Å². The number of rotatable bonds is 22. The van der Waals surface area contributed by atoms with Crippen molar-refractivity contribution >= 4 is 81.5 Å². The molecule has 441 valence electrons. The number of unbranched alkanes of at least 4 members (excludes halogenated alkanes) is 9. The molecule has 1 unspecified atom stereocenters. The van der Waals surface area contributed by atoms with Gasteiger partial charge in [0.05, 0.1) is 21.6 Å². The number of fused-ring (bicyclic) bond motifs is 1. The molecule has 2 aliphatic rings. The Kier molecular flexibility index (Phi) is 31.1. The second-order valence-corrected chi connectivity index (χ2v) is 25.6. The maximum absolute atomic E-state index is 13.0. The van der Waals surface area contributed by atoms with Gasteiger partial charge in [0.1, 0.15) is 26.5 Å². The largest absolute Gasteiger partial charge is 1.00 e. The van der Waals surface area contributed by atoms with Crippen molar-refractivity contribution in [2.75, 3.05) is 10.8 Å². The van der Waals surface area contributed by atoms with Gasteiger partial charge in [0.2, 0.25) is 6.79 Å². The zero-order valence-electron chi connectivity index (χ0n) is 48.5. The first-order valence-electron chi connectivity index (χ1n) is 26.5. The van der Waals surface area contributed by atoms with Crippen LogP contribution in [0.1, 0.15) is 157 Å². The summed E-state index contributed by atoms with van der Waals surface area (Å²) in [6.45, 7) is 17.4. The maximum atomic E-state index is 13.0. The van der Waals surface area contributed by atoms with Crippen LogP contribution in [0.25, 0.3) is 10.4 Å². The standard InChI is InChI=1S/C24H26N2O4S.C18H30O3S.C12H11ClO5.C6H6N2O.Al.Na.H2O/c1-23(2,3)15-24(4,5)16-10-12-17(13-11-16)30-31(28,29)21-14-20(26-25)22(27)19-9-7-6-8-18(19)21;1-2-3-4-5-6-7-8-9-10-11-12-17-13-15-18(16-14-17)22(19,20)21;1-7(2)11(15)17-6-18-12(16)8-3-4-10(14)9(13)5-8;9-8-7-6-4-2-1-3-5-6;;;/h6-14H,15H2,1-5H3;13-16H,2-12H2,1H3,(H,19,20,21);3-5,14H,1,6H2,2H3;1-5,9H;;;1H2/q;;;-2;+2;+1;/p-1. The molecule has 18 nitrogen and oxygen atoms in total. The number of benzene rings is 5. The fourth-order valence-corrected chi connectivity index (χ4v) is 11.0. The molecular formula is C60H74AlClN4NaO14S2. The molecule has 4 N–H and O–H groups in total. The summed E-state index contributed by atoms with van der Waals surface area (Å²) in [7, 11) is -8.59. The van der Waals surface area contributed by atoms with Crippen molar-refractivity contribution in [1.29, 1.82) is 0 Å². The van der Waals surface area contributed by atoms with Gasteiger partial charge in [-0.05, 0) is 103 Å². The Hall–Kier alpha value is -5.47. The fraction of sp³-hybridized carbons (Fsp3) is 0.367. The summed E-state index contributed by atoms with van der Waals surface area (Å²) in [6.07, 6.45) is 16.0. The first-order chi connectivity index (χ1) is 38.2. The second-order valence-electron chi connectivity index (χ2n) is 21.1. The number of phenols is 1. The van der Waals surface area contributed by atoms with E-state index in [0.717, 1.165) is 42.2 Å². The summed E-state index contributed by atoms with van der Waals surface area (Å²) >= 11 is 5.59. The zero-order chi connectivity index (χ0) is 60.0. The first kappa shape index (κ1) is 73.6. The number of aromatic hydroxyl groups is 1. The van der Waals surface area contributed by atoms with E-state index < -0.39 is 44.8 Å². The van der Waals surface area contributed by atoms with E-state index in [0.29, 0.717) is 0 Å². The van der Waals surface area contributed by atoms with E-state index in [1.165, 1.54) is 111 Å². The van der Waals surface area contributed by atoms with E-state index in [4.69, 9.17) is 26.5 Å². The van der Waals surface area contributed by atoms with Crippen LogP contribution in [-0.4, -0.2) is 92.0 Å². The molecule has 5 aromatic rings. The molecule has 1 saturated heterocycles. The minimum absolute atomic E-state index is 0. The summed E-state index contributed by atoms with van der Waals surface area (Å²) in [4.78, 5) is 37.4. The van der Waals surface area contributed by atoms with Crippen molar-refractivity contribution in [3.05, 3.63) is 178 Å². The predicted molar refractivity (Wildman–Crippen MR) is 317 cm³/mol. The number of nitrogens with zero attached hydrogens (tertiary/aromatic N) is 4. The number of phenolic OH excluding ortho intramolecular Hbond substituents is 1. The van der Waals surface area contributed by atoms with Crippen molar-refractivity contribution in [2.45, 2.75) is 136 Å². The zero-order valence-corrected chi connectivity index (χ0v) is 54.0. The molecule has 1 aliphatic carbocycles. The van der Waals surface area contributed by atoms with Crippen LogP contribution in [0.3, 0.4) is 0 Å². The van der Waals surface area contributed by atoms with E-state index in [1.807, 2.05) is 46.5 Å². The molecule has 1 fully saturated rings. The van der Waals surface area contributed by atoms with Crippen LogP contribution in [0.2, 0.25) is 5.02 Å². The van der Waals surface area contributed by atoms with E-state index in [9.17, 15) is 40.9 Å². The Bertz CT molecular complexity index is 3250. The Morgan fingerprint density at radius 1 is 0.783 bits per heavy atom. The minimum atomic E-state index is -4.31. The number of para-hydroxylation sites is 1. The van der Waals surface area contributed by atoms with Gasteiger partial charge in [-0.3, -0.25) is 4.79 Å². The summed E-state index contributed by atoms with van der Waals surface area (Å²) in [6, 6.07) is 33.2. The van der Waals surface area contributed by atoms with Crippen LogP contribution in [-0.2, 0) is 46.3 Å². The van der Waals surface area contributed by atoms with Gasteiger partial charge in [-0.25, -0.2) is 18.0 Å². The molecule has 0 spiro atoms. The number of anilines is 1. The van der Waals surface area contributed by atoms with E-state index in [-0.39, 0.29) is 116 Å². The predicted octanol–water partition coefficient (Wildman–Crippen LogP) is 9.18. The smallest absolute Gasteiger partial charge is 0.744 e. The van der Waals surface area contributed by atoms with Gasteiger partial charge < -0.3 is 43.5 Å². The van der Waals surface area contributed by atoms with E-state index >= 15 is 0 Å². The van der Waals surface area contributed by atoms with Crippen molar-refractivity contribution in [3.8, 4) is 11.5 Å². The third kappa shape index (κ3) is 25.3. The molecule has 0 bridgehead atoms. The third-order valence-electron chi connectivity index (χ3n) is 12.5. The van der Waals surface area contributed by atoms with Gasteiger partial charge in [0.15, 0.2) is 0 Å². The Morgan fingerprint density at radius 2 is 1.33 bits per heavy atom. The maximum Gasteiger partial charge on any atom is 1.00 e. The SMILES string of the molecule is C=C(C)C(=O)OCOC(=O)c1ccc(O)c(Cl)c1.CC(C)(C)CC(C)(C)c1ccc(OS(=O)(=O)C2=CC(=[N+]=[N-])C(=O)c3ccccc32)cc1.CCCCCCCCCCCCc1ccc(S(=O)(=O)[O-])cc1.O.O[N]1[Al][N]1c1ccccc1.[Na+]. The number of esters is 2. The van der Waals surface area contributed by atoms with Crippen LogP contribution in [0.15, 0.2) is 144 Å². The van der Waals surface area contributed by atoms with Crippen molar-refractivity contribution in [2.24, 2.45) is 5.41 Å². The molecule has 5 aromatic carbocycles. The van der Waals surface area contributed by atoms with Gasteiger partial charge in [0, 0.05) is 22.4 Å². The number of allylic oxidation sites excluding steroid dienone is 1. The first-order valence-corrected chi connectivity index (χ1v) is 30.7. The molecule has 1 atom stereocenters. The molecule has 0 saturated carbocycles. The third-order valence-corrected chi connectivity index (χ3v) is 15.9. The van der Waals surface area contributed by atoms with Gasteiger partial charge in [-0.1, -0.05) is 184 Å². The molecule has 7 rings (SSSR count). The molecule has 23 heteroatoms. The monoisotopic (exact) mass is 1220 g/mol. The molecule has 0 aromatic heterocycles. The molecule has 0 amide bonds. The number of ether oxygens (including phenoxy) is 2. The number of ketones is 1. The van der Waals surface area contributed by atoms with Crippen LogP contribution >= 0.6 is 11.6 Å². The number of aryl methyl sites for hydroxylation is 1. The topological polar surface area (TPSA) is 285 Å². The Labute approximate surface area is 522 Å². The van der Waals surface area contributed by atoms with E-state index in [2.05, 4.69) is 62.4 Å². The molecule has 83 heavy (non-hydrogen) atoms. The Balaban J connectivity index is 0.000000398. The normalized spacial score (nSPS) is 13.3. The van der Waals surface area contributed by atoms with Gasteiger partial charge >= 0.3 is 73.0 Å². The summed E-state index contributed by atoms with van der Waals surface area (Å²) in [5.74, 6) is -1.89. The second kappa shape index (κ2) is 35.1. The number of halogens is 1. The minimum Gasteiger partial charge on any atom is -0.744 e. The average molecular weight is 1220 g/mol. The van der Waals surface area contributed by atoms with Crippen LogP contribution < -0.4 is 37.7 Å². The average Bonchev–Trinajstić information content (AvgIpc) is 4.26. The van der Waals surface area contributed by atoms with Crippen molar-refractivity contribution < 1.29 is 99.6 Å². The number of hydrogen-bond acceptors (Lipinski definition) is 15.